The van der Waals surface area contributed by atoms with E-state index in [-0.39, 0.29) is 36.7 Å². The molecule has 0 aromatic heterocycles. The van der Waals surface area contributed by atoms with Gasteiger partial charge in [0.15, 0.2) is 6.61 Å². The molecule has 0 aliphatic carbocycles. The van der Waals surface area contributed by atoms with Crippen molar-refractivity contribution >= 4 is 56.6 Å². The van der Waals surface area contributed by atoms with Crippen LogP contribution < -0.4 is 20.3 Å². The van der Waals surface area contributed by atoms with E-state index in [2.05, 4.69) is 26.6 Å². The van der Waals surface area contributed by atoms with Crippen LogP contribution in [0.2, 0.25) is 5.02 Å². The number of carbonyl (C=O) groups excluding carboxylic acids is 3. The highest BCUT2D eigenvalue weighted by atomic mass is 79.9. The monoisotopic (exact) mass is 507 g/mol. The SMILES string of the molecule is CCCNC(=O)[C@H]1CC(=O)N(c2ccc(OCC(=O)Nc3ccc(Br)cc3Cl)cc2)C1. The van der Waals surface area contributed by atoms with Crippen molar-refractivity contribution < 1.29 is 19.1 Å². The first-order valence-electron chi connectivity index (χ1n) is 9.93. The Morgan fingerprint density at radius 3 is 2.65 bits per heavy atom. The molecule has 1 aliphatic rings. The number of anilines is 2. The lowest BCUT2D eigenvalue weighted by molar-refractivity contribution is -0.126. The molecule has 7 nitrogen and oxygen atoms in total. The van der Waals surface area contributed by atoms with Crippen molar-refractivity contribution in [1.29, 1.82) is 0 Å². The lowest BCUT2D eigenvalue weighted by Gasteiger charge is -2.17. The zero-order chi connectivity index (χ0) is 22.4. The molecule has 0 unspecified atom stereocenters. The van der Waals surface area contributed by atoms with Gasteiger partial charge in [0.2, 0.25) is 11.8 Å². The number of benzene rings is 2. The summed E-state index contributed by atoms with van der Waals surface area (Å²) in [7, 11) is 0. The van der Waals surface area contributed by atoms with Crippen molar-refractivity contribution in [3.63, 3.8) is 0 Å². The summed E-state index contributed by atoms with van der Waals surface area (Å²) in [5, 5.41) is 5.95. The van der Waals surface area contributed by atoms with Crippen LogP contribution >= 0.6 is 27.5 Å². The fourth-order valence-corrected chi connectivity index (χ4v) is 3.89. The molecule has 2 aromatic rings. The molecule has 1 saturated heterocycles. The predicted molar refractivity (Wildman–Crippen MR) is 123 cm³/mol. The molecule has 1 atom stereocenters. The van der Waals surface area contributed by atoms with E-state index in [4.69, 9.17) is 16.3 Å². The van der Waals surface area contributed by atoms with Crippen molar-refractivity contribution in [1.82, 2.24) is 5.32 Å². The average Bonchev–Trinajstić information content (AvgIpc) is 3.14. The lowest BCUT2D eigenvalue weighted by Crippen LogP contribution is -2.33. The molecule has 1 aliphatic heterocycles. The molecule has 3 amide bonds. The van der Waals surface area contributed by atoms with Gasteiger partial charge in [-0.2, -0.15) is 0 Å². The highest BCUT2D eigenvalue weighted by Crippen LogP contribution is 2.28. The maximum absolute atomic E-state index is 12.3. The topological polar surface area (TPSA) is 87.7 Å². The average molecular weight is 509 g/mol. The number of rotatable bonds is 8. The standard InChI is InChI=1S/C22H23BrClN3O4/c1-2-9-25-22(30)14-10-21(29)27(12-14)16-4-6-17(7-5-16)31-13-20(28)26-19-8-3-15(23)11-18(19)24/h3-8,11,14H,2,9-10,12-13H2,1H3,(H,25,30)(H,26,28)/t14-/m0/s1. The summed E-state index contributed by atoms with van der Waals surface area (Å²) in [5.41, 5.74) is 1.19. The zero-order valence-electron chi connectivity index (χ0n) is 17.0. The van der Waals surface area contributed by atoms with Gasteiger partial charge in [-0.15, -0.1) is 0 Å². The first-order chi connectivity index (χ1) is 14.9. The number of carbonyl (C=O) groups is 3. The van der Waals surface area contributed by atoms with Gasteiger partial charge in [0.25, 0.3) is 5.91 Å². The summed E-state index contributed by atoms with van der Waals surface area (Å²) in [4.78, 5) is 38.2. The molecule has 31 heavy (non-hydrogen) atoms. The number of hydrogen-bond donors (Lipinski definition) is 2. The van der Waals surface area contributed by atoms with Crippen LogP contribution in [0.15, 0.2) is 46.9 Å². The molecule has 2 aromatic carbocycles. The fourth-order valence-electron chi connectivity index (χ4n) is 3.17. The first-order valence-corrected chi connectivity index (χ1v) is 11.1. The molecule has 3 rings (SSSR count). The number of nitrogens with zero attached hydrogens (tertiary/aromatic N) is 1. The van der Waals surface area contributed by atoms with Gasteiger partial charge in [0.1, 0.15) is 5.75 Å². The Hall–Kier alpha value is -2.58. The Labute approximate surface area is 194 Å². The summed E-state index contributed by atoms with van der Waals surface area (Å²) < 4.78 is 6.34. The summed E-state index contributed by atoms with van der Waals surface area (Å²) in [6.07, 6.45) is 1.05. The van der Waals surface area contributed by atoms with E-state index in [0.29, 0.717) is 35.2 Å². The van der Waals surface area contributed by atoms with Crippen molar-refractivity contribution in [2.45, 2.75) is 19.8 Å². The van der Waals surface area contributed by atoms with Gasteiger partial charge in [0.05, 0.1) is 16.6 Å². The minimum absolute atomic E-state index is 0.0870. The van der Waals surface area contributed by atoms with Crippen molar-refractivity contribution in [3.05, 3.63) is 52.0 Å². The summed E-state index contributed by atoms with van der Waals surface area (Å²) in [6.45, 7) is 2.76. The minimum Gasteiger partial charge on any atom is -0.484 e. The second kappa shape index (κ2) is 10.6. The number of halogens is 2. The number of hydrogen-bond acceptors (Lipinski definition) is 4. The highest BCUT2D eigenvalue weighted by molar-refractivity contribution is 9.10. The van der Waals surface area contributed by atoms with Crippen LogP contribution in [0, 0.1) is 5.92 Å². The molecule has 1 fully saturated rings. The Morgan fingerprint density at radius 1 is 1.23 bits per heavy atom. The van der Waals surface area contributed by atoms with Crippen molar-refractivity contribution in [2.24, 2.45) is 5.92 Å². The van der Waals surface area contributed by atoms with Crippen molar-refractivity contribution in [2.75, 3.05) is 29.9 Å². The van der Waals surface area contributed by atoms with Gasteiger partial charge in [-0.3, -0.25) is 14.4 Å². The van der Waals surface area contributed by atoms with Crippen LogP contribution in [0.3, 0.4) is 0 Å². The largest absolute Gasteiger partial charge is 0.484 e. The van der Waals surface area contributed by atoms with Gasteiger partial charge in [0, 0.05) is 29.7 Å². The predicted octanol–water partition coefficient (Wildman–Crippen LogP) is 4.00. The maximum Gasteiger partial charge on any atom is 0.262 e. The van der Waals surface area contributed by atoms with Crippen molar-refractivity contribution in [3.8, 4) is 5.75 Å². The number of amides is 3. The van der Waals surface area contributed by atoms with E-state index in [1.807, 2.05) is 6.92 Å². The molecule has 0 radical (unpaired) electrons. The van der Waals surface area contributed by atoms with E-state index in [9.17, 15) is 14.4 Å². The van der Waals surface area contributed by atoms with E-state index in [1.165, 1.54) is 0 Å². The summed E-state index contributed by atoms with van der Waals surface area (Å²) in [6, 6.07) is 12.0. The molecular formula is C22H23BrClN3O4. The van der Waals surface area contributed by atoms with Crippen LogP contribution in [-0.2, 0) is 14.4 Å². The lowest BCUT2D eigenvalue weighted by atomic mass is 10.1. The van der Waals surface area contributed by atoms with E-state index >= 15 is 0 Å². The Morgan fingerprint density at radius 2 is 1.97 bits per heavy atom. The third-order valence-electron chi connectivity index (χ3n) is 4.77. The third kappa shape index (κ3) is 6.21. The summed E-state index contributed by atoms with van der Waals surface area (Å²) in [5.74, 6) is -0.372. The second-order valence-electron chi connectivity index (χ2n) is 7.15. The maximum atomic E-state index is 12.3. The normalized spacial score (nSPS) is 15.6. The Balaban J connectivity index is 1.52. The third-order valence-corrected chi connectivity index (χ3v) is 5.57. The van der Waals surface area contributed by atoms with E-state index in [0.717, 1.165) is 10.9 Å². The van der Waals surface area contributed by atoms with Crippen LogP contribution in [0.25, 0.3) is 0 Å². The van der Waals surface area contributed by atoms with Crippen LogP contribution in [0.5, 0.6) is 5.75 Å². The molecule has 1 heterocycles. The minimum atomic E-state index is -0.344. The fraction of sp³-hybridized carbons (Fsp3) is 0.318. The second-order valence-corrected chi connectivity index (χ2v) is 8.47. The van der Waals surface area contributed by atoms with E-state index < -0.39 is 0 Å². The molecule has 0 saturated carbocycles. The molecule has 0 spiro atoms. The number of ether oxygens (including phenoxy) is 1. The van der Waals surface area contributed by atoms with Crippen LogP contribution in [-0.4, -0.2) is 37.4 Å². The molecule has 9 heteroatoms. The number of nitrogens with one attached hydrogen (secondary N) is 2. The van der Waals surface area contributed by atoms with Crippen LogP contribution in [0.4, 0.5) is 11.4 Å². The quantitative estimate of drug-likeness (QED) is 0.564. The first kappa shape index (κ1) is 23.1. The molecule has 0 bridgehead atoms. The van der Waals surface area contributed by atoms with Crippen LogP contribution in [0.1, 0.15) is 19.8 Å². The molecule has 164 valence electrons. The van der Waals surface area contributed by atoms with Gasteiger partial charge in [-0.1, -0.05) is 34.5 Å². The van der Waals surface area contributed by atoms with Gasteiger partial charge in [-0.05, 0) is 48.9 Å². The van der Waals surface area contributed by atoms with Gasteiger partial charge >= 0.3 is 0 Å². The summed E-state index contributed by atoms with van der Waals surface area (Å²) >= 11 is 9.41. The Bertz CT molecular complexity index is 968. The van der Waals surface area contributed by atoms with E-state index in [1.54, 1.807) is 47.4 Å². The Kier molecular flexibility index (Phi) is 7.92. The zero-order valence-corrected chi connectivity index (χ0v) is 19.3. The van der Waals surface area contributed by atoms with Gasteiger partial charge < -0.3 is 20.3 Å². The van der Waals surface area contributed by atoms with Gasteiger partial charge in [-0.25, -0.2) is 0 Å². The molecular weight excluding hydrogens is 486 g/mol. The molecule has 2 N–H and O–H groups in total. The highest BCUT2D eigenvalue weighted by Gasteiger charge is 2.34. The smallest absolute Gasteiger partial charge is 0.262 e.